The van der Waals surface area contributed by atoms with Crippen molar-refractivity contribution in [3.05, 3.63) is 29.6 Å². The number of nitrogens with zero attached hydrogens (tertiary/aromatic N) is 2. The Morgan fingerprint density at radius 3 is 3.19 bits per heavy atom. The molecule has 2 rings (SSSR count). The monoisotopic (exact) mass is 238 g/mol. The zero-order chi connectivity index (χ0) is 11.5. The van der Waals surface area contributed by atoms with Crippen LogP contribution in [0.5, 0.6) is 0 Å². The van der Waals surface area contributed by atoms with Crippen molar-refractivity contribution >= 4 is 17.5 Å². The van der Waals surface area contributed by atoms with Crippen LogP contribution in [-0.2, 0) is 0 Å². The Morgan fingerprint density at radius 2 is 2.44 bits per heavy atom. The molecule has 1 amide bonds. The number of amides is 1. The zero-order valence-corrected chi connectivity index (χ0v) is 10.1. The van der Waals surface area contributed by atoms with Crippen LogP contribution in [0.15, 0.2) is 18.3 Å². The van der Waals surface area contributed by atoms with Gasteiger partial charge in [0.25, 0.3) is 5.91 Å². The lowest BCUT2D eigenvalue weighted by Crippen LogP contribution is -2.26. The second-order valence-electron chi connectivity index (χ2n) is 4.13. The molecule has 1 aliphatic rings. The summed E-state index contributed by atoms with van der Waals surface area (Å²) in [5, 5.41) is 0. The number of carbonyl (C=O) groups is 1. The van der Waals surface area contributed by atoms with Crippen LogP contribution in [0.4, 0.5) is 0 Å². The highest BCUT2D eigenvalue weighted by molar-refractivity contribution is 6.17. The Kier molecular flexibility index (Phi) is 3.44. The maximum atomic E-state index is 12.0. The normalized spacial score (nSPS) is 20.5. The van der Waals surface area contributed by atoms with E-state index in [0.29, 0.717) is 11.8 Å². The third kappa shape index (κ3) is 2.05. The highest BCUT2D eigenvalue weighted by atomic mass is 35.5. The summed E-state index contributed by atoms with van der Waals surface area (Å²) in [6.45, 7) is 0.775. The Morgan fingerprint density at radius 1 is 1.62 bits per heavy atom. The summed E-state index contributed by atoms with van der Waals surface area (Å²) in [6.07, 6.45) is 3.57. The number of rotatable bonds is 2. The van der Waals surface area contributed by atoms with Crippen molar-refractivity contribution in [1.29, 1.82) is 0 Å². The molecule has 0 bridgehead atoms. The second kappa shape index (κ2) is 4.83. The molecule has 0 saturated heterocycles. The SMILES string of the molecule is CN1CCC(CCCl)c2ncccc2C1=O. The topological polar surface area (TPSA) is 33.2 Å². The molecule has 3 nitrogen and oxygen atoms in total. The van der Waals surface area contributed by atoms with Gasteiger partial charge in [-0.15, -0.1) is 11.6 Å². The molecule has 1 aromatic rings. The number of aromatic nitrogens is 1. The summed E-state index contributed by atoms with van der Waals surface area (Å²) in [5.74, 6) is 0.987. The lowest BCUT2D eigenvalue weighted by molar-refractivity contribution is 0.0799. The van der Waals surface area contributed by atoms with Crippen LogP contribution >= 0.6 is 11.6 Å². The van der Waals surface area contributed by atoms with E-state index in [1.165, 1.54) is 0 Å². The largest absolute Gasteiger partial charge is 0.342 e. The number of carbonyl (C=O) groups excluding carboxylic acids is 1. The fraction of sp³-hybridized carbons (Fsp3) is 0.500. The van der Waals surface area contributed by atoms with Gasteiger partial charge >= 0.3 is 0 Å². The molecule has 0 fully saturated rings. The predicted molar refractivity (Wildman–Crippen MR) is 63.9 cm³/mol. The summed E-state index contributed by atoms with van der Waals surface area (Å²) < 4.78 is 0. The fourth-order valence-corrected chi connectivity index (χ4v) is 2.39. The van der Waals surface area contributed by atoms with Gasteiger partial charge in [0.05, 0.1) is 11.3 Å². The minimum absolute atomic E-state index is 0.0696. The van der Waals surface area contributed by atoms with E-state index in [1.54, 1.807) is 11.1 Å². The summed E-state index contributed by atoms with van der Waals surface area (Å²) in [6, 6.07) is 3.67. The first-order valence-corrected chi connectivity index (χ1v) is 6.04. The molecule has 2 heterocycles. The zero-order valence-electron chi connectivity index (χ0n) is 9.32. The molecular formula is C12H15ClN2O. The highest BCUT2D eigenvalue weighted by Crippen LogP contribution is 2.28. The smallest absolute Gasteiger partial charge is 0.255 e. The molecule has 0 N–H and O–H groups in total. The van der Waals surface area contributed by atoms with Crippen LogP contribution in [0.3, 0.4) is 0 Å². The summed E-state index contributed by atoms with van der Waals surface area (Å²) in [4.78, 5) is 18.2. The van der Waals surface area contributed by atoms with E-state index >= 15 is 0 Å². The first-order chi connectivity index (χ1) is 7.74. The van der Waals surface area contributed by atoms with Crippen molar-refractivity contribution in [3.8, 4) is 0 Å². The average molecular weight is 239 g/mol. The number of halogens is 1. The third-order valence-electron chi connectivity index (χ3n) is 3.07. The average Bonchev–Trinajstić information content (AvgIpc) is 2.43. The van der Waals surface area contributed by atoms with Gasteiger partial charge < -0.3 is 4.90 Å². The number of hydrogen-bond donors (Lipinski definition) is 0. The van der Waals surface area contributed by atoms with Gasteiger partial charge in [-0.3, -0.25) is 9.78 Å². The minimum atomic E-state index is 0.0696. The molecule has 0 aliphatic carbocycles. The second-order valence-corrected chi connectivity index (χ2v) is 4.50. The van der Waals surface area contributed by atoms with Crippen molar-refractivity contribution in [3.63, 3.8) is 0 Å². The van der Waals surface area contributed by atoms with Gasteiger partial charge in [0, 0.05) is 31.6 Å². The molecule has 1 aliphatic heterocycles. The van der Waals surface area contributed by atoms with Crippen LogP contribution in [0, 0.1) is 0 Å². The molecule has 0 radical (unpaired) electrons. The van der Waals surface area contributed by atoms with Crippen molar-refractivity contribution in [1.82, 2.24) is 9.88 Å². The van der Waals surface area contributed by atoms with Crippen molar-refractivity contribution in [2.45, 2.75) is 18.8 Å². The molecule has 4 heteroatoms. The van der Waals surface area contributed by atoms with E-state index in [4.69, 9.17) is 11.6 Å². The van der Waals surface area contributed by atoms with Crippen LogP contribution in [0.25, 0.3) is 0 Å². The third-order valence-corrected chi connectivity index (χ3v) is 3.29. The Balaban J connectivity index is 2.41. The van der Waals surface area contributed by atoms with E-state index in [0.717, 1.165) is 30.6 Å². The first kappa shape index (κ1) is 11.4. The van der Waals surface area contributed by atoms with Crippen LogP contribution in [-0.4, -0.2) is 35.3 Å². The predicted octanol–water partition coefficient (Wildman–Crippen LogP) is 2.27. The highest BCUT2D eigenvalue weighted by Gasteiger charge is 2.26. The number of fused-ring (bicyclic) bond motifs is 1. The molecule has 1 unspecified atom stereocenters. The summed E-state index contributed by atoms with van der Waals surface area (Å²) in [7, 11) is 1.84. The molecule has 86 valence electrons. The summed E-state index contributed by atoms with van der Waals surface area (Å²) in [5.41, 5.74) is 1.65. The minimum Gasteiger partial charge on any atom is -0.342 e. The Labute approximate surface area is 100 Å². The standard InChI is InChI=1S/C12H15ClN2O/c1-15-8-5-9(4-6-13)11-10(12(15)16)3-2-7-14-11/h2-3,7,9H,4-6,8H2,1H3. The van der Waals surface area contributed by atoms with Crippen molar-refractivity contribution in [2.75, 3.05) is 19.5 Å². The molecule has 0 saturated carbocycles. The lowest BCUT2D eigenvalue weighted by Gasteiger charge is -2.14. The molecule has 0 aromatic carbocycles. The van der Waals surface area contributed by atoms with Gasteiger partial charge in [-0.25, -0.2) is 0 Å². The van der Waals surface area contributed by atoms with Gasteiger partial charge in [-0.2, -0.15) is 0 Å². The fourth-order valence-electron chi connectivity index (χ4n) is 2.13. The Hall–Kier alpha value is -1.09. The van der Waals surface area contributed by atoms with Crippen molar-refractivity contribution < 1.29 is 4.79 Å². The van der Waals surface area contributed by atoms with Crippen LogP contribution < -0.4 is 0 Å². The van der Waals surface area contributed by atoms with E-state index in [2.05, 4.69) is 4.98 Å². The molecule has 1 atom stereocenters. The van der Waals surface area contributed by atoms with Crippen LogP contribution in [0.1, 0.15) is 34.8 Å². The first-order valence-electron chi connectivity index (χ1n) is 5.50. The van der Waals surface area contributed by atoms with Gasteiger partial charge in [0.15, 0.2) is 0 Å². The molecule has 1 aromatic heterocycles. The van der Waals surface area contributed by atoms with E-state index < -0.39 is 0 Å². The summed E-state index contributed by atoms with van der Waals surface area (Å²) >= 11 is 5.80. The van der Waals surface area contributed by atoms with E-state index in [1.807, 2.05) is 19.2 Å². The van der Waals surface area contributed by atoms with Gasteiger partial charge in [-0.05, 0) is 25.0 Å². The maximum absolute atomic E-state index is 12.0. The van der Waals surface area contributed by atoms with Gasteiger partial charge in [0.2, 0.25) is 0 Å². The molecule has 16 heavy (non-hydrogen) atoms. The van der Waals surface area contributed by atoms with Crippen molar-refractivity contribution in [2.24, 2.45) is 0 Å². The number of pyridine rings is 1. The van der Waals surface area contributed by atoms with Gasteiger partial charge in [-0.1, -0.05) is 0 Å². The lowest BCUT2D eigenvalue weighted by atomic mass is 9.95. The number of hydrogen-bond acceptors (Lipinski definition) is 2. The maximum Gasteiger partial charge on any atom is 0.255 e. The Bertz CT molecular complexity index is 394. The quantitative estimate of drug-likeness (QED) is 0.741. The van der Waals surface area contributed by atoms with E-state index in [-0.39, 0.29) is 5.91 Å². The molecular weight excluding hydrogens is 224 g/mol. The number of alkyl halides is 1. The molecule has 0 spiro atoms. The van der Waals surface area contributed by atoms with Crippen LogP contribution in [0.2, 0.25) is 0 Å². The van der Waals surface area contributed by atoms with Gasteiger partial charge in [0.1, 0.15) is 0 Å². The van der Waals surface area contributed by atoms with E-state index in [9.17, 15) is 4.79 Å².